The zero-order chi connectivity index (χ0) is 12.3. The first-order valence-corrected chi connectivity index (χ1v) is 5.32. The maximum absolute atomic E-state index is 9.06. The quantitative estimate of drug-likeness (QED) is 0.844. The number of nitrogens with two attached hydrogens (primary N) is 1. The van der Waals surface area contributed by atoms with E-state index in [4.69, 9.17) is 11.0 Å². The number of nitrogens with zero attached hydrogens (tertiary/aromatic N) is 3. The first-order chi connectivity index (χ1) is 7.42. The van der Waals surface area contributed by atoms with E-state index in [1.165, 1.54) is 0 Å². The van der Waals surface area contributed by atoms with Crippen LogP contribution in [-0.2, 0) is 0 Å². The molecule has 1 heterocycles. The van der Waals surface area contributed by atoms with Crippen LogP contribution in [0.1, 0.15) is 32.8 Å². The van der Waals surface area contributed by atoms with Gasteiger partial charge in [0.2, 0.25) is 0 Å². The molecule has 86 valence electrons. The van der Waals surface area contributed by atoms with Crippen LogP contribution in [0.4, 0.5) is 11.5 Å². The SMILES string of the molecule is CCC(C)(C)N(C)c1ncc(N)cc1C#N. The Bertz CT molecular complexity index is 418. The van der Waals surface area contributed by atoms with Gasteiger partial charge in [-0.15, -0.1) is 0 Å². The molecule has 0 radical (unpaired) electrons. The molecule has 0 saturated heterocycles. The summed E-state index contributed by atoms with van der Waals surface area (Å²) in [4.78, 5) is 6.26. The number of aromatic nitrogens is 1. The van der Waals surface area contributed by atoms with Crippen LogP contribution < -0.4 is 10.6 Å². The maximum Gasteiger partial charge on any atom is 0.146 e. The number of hydrogen-bond acceptors (Lipinski definition) is 4. The summed E-state index contributed by atoms with van der Waals surface area (Å²) in [6.07, 6.45) is 2.55. The Kier molecular flexibility index (Phi) is 3.38. The van der Waals surface area contributed by atoms with Crippen LogP contribution in [0.15, 0.2) is 12.3 Å². The monoisotopic (exact) mass is 218 g/mol. The lowest BCUT2D eigenvalue weighted by atomic mass is 9.99. The lowest BCUT2D eigenvalue weighted by Crippen LogP contribution is -2.41. The molecule has 0 aromatic carbocycles. The minimum atomic E-state index is -0.0330. The summed E-state index contributed by atoms with van der Waals surface area (Å²) >= 11 is 0. The van der Waals surface area contributed by atoms with Gasteiger partial charge >= 0.3 is 0 Å². The number of nitrogen functional groups attached to an aromatic ring is 1. The first-order valence-electron chi connectivity index (χ1n) is 5.32. The molecule has 0 aliphatic heterocycles. The van der Waals surface area contributed by atoms with E-state index in [0.29, 0.717) is 17.1 Å². The van der Waals surface area contributed by atoms with Crippen molar-refractivity contribution < 1.29 is 0 Å². The average molecular weight is 218 g/mol. The Morgan fingerprint density at radius 1 is 1.56 bits per heavy atom. The molecule has 0 bridgehead atoms. The van der Waals surface area contributed by atoms with Crippen molar-refractivity contribution in [2.24, 2.45) is 0 Å². The minimum absolute atomic E-state index is 0.0330. The number of pyridine rings is 1. The van der Waals surface area contributed by atoms with E-state index in [0.717, 1.165) is 6.42 Å². The number of rotatable bonds is 3. The molecule has 1 aromatic heterocycles. The van der Waals surface area contributed by atoms with Crippen LogP contribution in [0, 0.1) is 11.3 Å². The van der Waals surface area contributed by atoms with Gasteiger partial charge < -0.3 is 10.6 Å². The number of anilines is 2. The van der Waals surface area contributed by atoms with E-state index in [9.17, 15) is 0 Å². The molecule has 0 atom stereocenters. The first kappa shape index (κ1) is 12.3. The Hall–Kier alpha value is -1.76. The van der Waals surface area contributed by atoms with E-state index < -0.39 is 0 Å². The Morgan fingerprint density at radius 3 is 2.69 bits per heavy atom. The van der Waals surface area contributed by atoms with Gasteiger partial charge in [0, 0.05) is 12.6 Å². The van der Waals surface area contributed by atoms with Gasteiger partial charge in [0.05, 0.1) is 17.4 Å². The molecular weight excluding hydrogens is 200 g/mol. The summed E-state index contributed by atoms with van der Waals surface area (Å²) in [6.45, 7) is 6.35. The highest BCUT2D eigenvalue weighted by atomic mass is 15.2. The second-order valence-electron chi connectivity index (χ2n) is 4.48. The lowest BCUT2D eigenvalue weighted by Gasteiger charge is -2.36. The second-order valence-corrected chi connectivity index (χ2v) is 4.48. The fourth-order valence-corrected chi connectivity index (χ4v) is 1.35. The molecule has 0 unspecified atom stereocenters. The summed E-state index contributed by atoms with van der Waals surface area (Å²) in [5.74, 6) is 0.684. The highest BCUT2D eigenvalue weighted by molar-refractivity contribution is 5.59. The summed E-state index contributed by atoms with van der Waals surface area (Å²) in [6, 6.07) is 3.79. The third-order valence-corrected chi connectivity index (χ3v) is 3.10. The van der Waals surface area contributed by atoms with Crippen molar-refractivity contribution in [3.63, 3.8) is 0 Å². The van der Waals surface area contributed by atoms with E-state index in [-0.39, 0.29) is 5.54 Å². The molecular formula is C12H18N4. The number of nitriles is 1. The lowest BCUT2D eigenvalue weighted by molar-refractivity contribution is 0.467. The maximum atomic E-state index is 9.06. The van der Waals surface area contributed by atoms with Gasteiger partial charge in [-0.3, -0.25) is 0 Å². The fraction of sp³-hybridized carbons (Fsp3) is 0.500. The molecule has 0 saturated carbocycles. The second kappa shape index (κ2) is 4.40. The van der Waals surface area contributed by atoms with Gasteiger partial charge in [0.25, 0.3) is 0 Å². The van der Waals surface area contributed by atoms with E-state index in [2.05, 4.69) is 31.8 Å². The standard InChI is InChI=1S/C12H18N4/c1-5-12(2,3)16(4)11-9(7-13)6-10(14)8-15-11/h6,8H,5,14H2,1-4H3. The van der Waals surface area contributed by atoms with Crippen LogP contribution in [0.2, 0.25) is 0 Å². The Balaban J connectivity index is 3.19. The molecule has 1 rings (SSSR count). The zero-order valence-corrected chi connectivity index (χ0v) is 10.3. The highest BCUT2D eigenvalue weighted by Crippen LogP contribution is 2.26. The minimum Gasteiger partial charge on any atom is -0.397 e. The van der Waals surface area contributed by atoms with Gasteiger partial charge in [-0.2, -0.15) is 5.26 Å². The topological polar surface area (TPSA) is 65.9 Å². The summed E-state index contributed by atoms with van der Waals surface area (Å²) in [5, 5.41) is 9.06. The van der Waals surface area contributed by atoms with Crippen molar-refractivity contribution in [1.82, 2.24) is 4.98 Å². The van der Waals surface area contributed by atoms with E-state index in [1.807, 2.05) is 11.9 Å². The third-order valence-electron chi connectivity index (χ3n) is 3.10. The molecule has 4 nitrogen and oxygen atoms in total. The third kappa shape index (κ3) is 2.25. The van der Waals surface area contributed by atoms with Crippen molar-refractivity contribution in [3.8, 4) is 6.07 Å². The number of hydrogen-bond donors (Lipinski definition) is 1. The van der Waals surface area contributed by atoms with Crippen LogP contribution in [0.5, 0.6) is 0 Å². The van der Waals surface area contributed by atoms with Gasteiger partial charge in [-0.25, -0.2) is 4.98 Å². The van der Waals surface area contributed by atoms with Crippen molar-refractivity contribution >= 4 is 11.5 Å². The van der Waals surface area contributed by atoms with Crippen molar-refractivity contribution in [2.45, 2.75) is 32.7 Å². The predicted molar refractivity (Wildman–Crippen MR) is 66.1 cm³/mol. The average Bonchev–Trinajstić information content (AvgIpc) is 2.27. The fourth-order valence-electron chi connectivity index (χ4n) is 1.35. The highest BCUT2D eigenvalue weighted by Gasteiger charge is 2.24. The Morgan fingerprint density at radius 2 is 2.19 bits per heavy atom. The summed E-state index contributed by atoms with van der Waals surface area (Å²) in [5.41, 5.74) is 6.61. The molecule has 2 N–H and O–H groups in total. The van der Waals surface area contributed by atoms with Crippen LogP contribution >= 0.6 is 0 Å². The van der Waals surface area contributed by atoms with Crippen molar-refractivity contribution in [2.75, 3.05) is 17.7 Å². The summed E-state index contributed by atoms with van der Waals surface area (Å²) in [7, 11) is 1.95. The largest absolute Gasteiger partial charge is 0.397 e. The van der Waals surface area contributed by atoms with Crippen molar-refractivity contribution in [1.29, 1.82) is 5.26 Å². The molecule has 4 heteroatoms. The predicted octanol–water partition coefficient (Wildman–Crippen LogP) is 2.16. The van der Waals surface area contributed by atoms with Gasteiger partial charge in [-0.05, 0) is 26.3 Å². The normalized spacial score (nSPS) is 10.9. The van der Waals surface area contributed by atoms with E-state index >= 15 is 0 Å². The van der Waals surface area contributed by atoms with Gasteiger partial charge in [0.15, 0.2) is 0 Å². The Labute approximate surface area is 96.7 Å². The molecule has 0 fully saturated rings. The smallest absolute Gasteiger partial charge is 0.146 e. The summed E-state index contributed by atoms with van der Waals surface area (Å²) < 4.78 is 0. The molecule has 0 aliphatic carbocycles. The molecule has 0 aliphatic rings. The van der Waals surface area contributed by atoms with Gasteiger partial charge in [0.1, 0.15) is 11.9 Å². The van der Waals surface area contributed by atoms with Crippen LogP contribution in [0.3, 0.4) is 0 Å². The molecule has 0 spiro atoms. The molecule has 0 amide bonds. The molecule has 16 heavy (non-hydrogen) atoms. The molecule has 1 aromatic rings. The van der Waals surface area contributed by atoms with E-state index in [1.54, 1.807) is 12.3 Å². The zero-order valence-electron chi connectivity index (χ0n) is 10.3. The van der Waals surface area contributed by atoms with Gasteiger partial charge in [-0.1, -0.05) is 6.92 Å². The van der Waals surface area contributed by atoms with Crippen molar-refractivity contribution in [3.05, 3.63) is 17.8 Å². The van der Waals surface area contributed by atoms with Crippen LogP contribution in [-0.4, -0.2) is 17.6 Å². The van der Waals surface area contributed by atoms with Crippen LogP contribution in [0.25, 0.3) is 0 Å².